The van der Waals surface area contributed by atoms with Gasteiger partial charge in [-0.15, -0.1) is 0 Å². The molecule has 1 atom stereocenters. The minimum absolute atomic E-state index is 0.631. The van der Waals surface area contributed by atoms with E-state index in [1.807, 2.05) is 0 Å². The Kier molecular flexibility index (Phi) is 8.90. The van der Waals surface area contributed by atoms with Gasteiger partial charge in [0.1, 0.15) is 6.10 Å². The lowest BCUT2D eigenvalue weighted by Crippen LogP contribution is -2.09. The first-order chi connectivity index (χ1) is 7.16. The number of carbonyl (C=O) groups is 1. The summed E-state index contributed by atoms with van der Waals surface area (Å²) in [6.45, 7) is 2.18. The number of amides is 1. The number of aliphatic hydroxyl groups is 1. The first-order valence-electron chi connectivity index (χ1n) is 5.66. The molecule has 3 N–H and O–H groups in total. The molecule has 0 aromatic heterocycles. The summed E-state index contributed by atoms with van der Waals surface area (Å²) in [6, 6.07) is 0. The molecule has 0 rings (SSSR count). The van der Waals surface area contributed by atoms with Crippen LogP contribution >= 0.6 is 0 Å². The Morgan fingerprint density at radius 3 is 2.47 bits per heavy atom. The van der Waals surface area contributed by atoms with Crippen molar-refractivity contribution in [2.75, 3.05) is 0 Å². The van der Waals surface area contributed by atoms with Crippen LogP contribution in [0.3, 0.4) is 0 Å². The fraction of sp³-hybridized carbons (Fsp3) is 0.750. The Balaban J connectivity index is 3.36. The standard InChI is InChI=1S/C12H21NO2/c1-2-3-4-5-6-7-8-11(14)9-10-12(13)15/h11,14H,2-8H2,1H3,(H2,13,15). The number of rotatable bonds is 7. The normalized spacial score (nSPS) is 11.6. The maximum atomic E-state index is 10.3. The zero-order chi connectivity index (χ0) is 11.5. The average molecular weight is 211 g/mol. The van der Waals surface area contributed by atoms with Gasteiger partial charge in [-0.25, -0.2) is 0 Å². The molecule has 0 aromatic rings. The predicted octanol–water partition coefficient (Wildman–Crippen LogP) is 1.59. The van der Waals surface area contributed by atoms with Gasteiger partial charge in [-0.1, -0.05) is 44.9 Å². The maximum Gasteiger partial charge on any atom is 0.293 e. The van der Waals surface area contributed by atoms with E-state index in [9.17, 15) is 9.90 Å². The first-order valence-corrected chi connectivity index (χ1v) is 5.66. The largest absolute Gasteiger partial charge is 0.380 e. The molecule has 3 nitrogen and oxygen atoms in total. The number of aliphatic hydroxyl groups excluding tert-OH is 1. The van der Waals surface area contributed by atoms with Crippen molar-refractivity contribution in [3.05, 3.63) is 0 Å². The summed E-state index contributed by atoms with van der Waals surface area (Å²) >= 11 is 0. The van der Waals surface area contributed by atoms with E-state index in [0.29, 0.717) is 6.42 Å². The molecule has 0 aliphatic carbocycles. The molecule has 3 heteroatoms. The Hall–Kier alpha value is -1.01. The van der Waals surface area contributed by atoms with Crippen LogP contribution in [0.4, 0.5) is 0 Å². The summed E-state index contributed by atoms with van der Waals surface area (Å²) < 4.78 is 0. The molecule has 0 bridgehead atoms. The van der Waals surface area contributed by atoms with Crippen LogP contribution in [-0.2, 0) is 4.79 Å². The third-order valence-electron chi connectivity index (χ3n) is 2.19. The summed E-state index contributed by atoms with van der Waals surface area (Å²) in [7, 11) is 0. The molecule has 15 heavy (non-hydrogen) atoms. The monoisotopic (exact) mass is 211 g/mol. The minimum atomic E-state index is -0.705. The quantitative estimate of drug-likeness (QED) is 0.496. The van der Waals surface area contributed by atoms with Crippen LogP contribution in [-0.4, -0.2) is 17.1 Å². The van der Waals surface area contributed by atoms with E-state index in [1.54, 1.807) is 0 Å². The van der Waals surface area contributed by atoms with Gasteiger partial charge in [0.05, 0.1) is 0 Å². The second kappa shape index (κ2) is 9.54. The number of nitrogens with two attached hydrogens (primary N) is 1. The zero-order valence-electron chi connectivity index (χ0n) is 9.46. The van der Waals surface area contributed by atoms with Gasteiger partial charge >= 0.3 is 0 Å². The van der Waals surface area contributed by atoms with Crippen molar-refractivity contribution in [3.8, 4) is 11.8 Å². The van der Waals surface area contributed by atoms with E-state index >= 15 is 0 Å². The second-order valence-corrected chi connectivity index (χ2v) is 3.71. The minimum Gasteiger partial charge on any atom is -0.380 e. The van der Waals surface area contributed by atoms with E-state index in [-0.39, 0.29) is 0 Å². The van der Waals surface area contributed by atoms with Gasteiger partial charge in [0.25, 0.3) is 5.91 Å². The van der Waals surface area contributed by atoms with E-state index in [2.05, 4.69) is 18.8 Å². The molecule has 86 valence electrons. The number of primary amides is 1. The van der Waals surface area contributed by atoms with Crippen molar-refractivity contribution < 1.29 is 9.90 Å². The molecule has 0 aliphatic heterocycles. The van der Waals surface area contributed by atoms with Crippen molar-refractivity contribution in [1.29, 1.82) is 0 Å². The summed E-state index contributed by atoms with van der Waals surface area (Å²) in [4.78, 5) is 10.3. The molecule has 0 radical (unpaired) electrons. The molecule has 0 fully saturated rings. The van der Waals surface area contributed by atoms with Crippen molar-refractivity contribution in [3.63, 3.8) is 0 Å². The molecular weight excluding hydrogens is 190 g/mol. The zero-order valence-corrected chi connectivity index (χ0v) is 9.46. The summed E-state index contributed by atoms with van der Waals surface area (Å²) in [5, 5.41) is 9.32. The molecule has 0 heterocycles. The van der Waals surface area contributed by atoms with Crippen molar-refractivity contribution >= 4 is 5.91 Å². The highest BCUT2D eigenvalue weighted by molar-refractivity contribution is 5.91. The first kappa shape index (κ1) is 14.0. The number of hydrogen-bond donors (Lipinski definition) is 2. The van der Waals surface area contributed by atoms with E-state index in [4.69, 9.17) is 5.73 Å². The Morgan fingerprint density at radius 1 is 1.27 bits per heavy atom. The van der Waals surface area contributed by atoms with Crippen LogP contribution in [0.1, 0.15) is 51.9 Å². The van der Waals surface area contributed by atoms with Crippen LogP contribution < -0.4 is 5.73 Å². The topological polar surface area (TPSA) is 63.3 Å². The van der Waals surface area contributed by atoms with Crippen molar-refractivity contribution in [1.82, 2.24) is 0 Å². The van der Waals surface area contributed by atoms with E-state index < -0.39 is 12.0 Å². The van der Waals surface area contributed by atoms with Gasteiger partial charge in [0.15, 0.2) is 0 Å². The summed E-state index contributed by atoms with van der Waals surface area (Å²) in [5.74, 6) is 3.88. The fourth-order valence-electron chi connectivity index (χ4n) is 1.34. The Morgan fingerprint density at radius 2 is 1.87 bits per heavy atom. The lowest BCUT2D eigenvalue weighted by atomic mass is 10.1. The number of carbonyl (C=O) groups excluding carboxylic acids is 1. The maximum absolute atomic E-state index is 10.3. The highest BCUT2D eigenvalue weighted by Crippen LogP contribution is 2.08. The van der Waals surface area contributed by atoms with Gasteiger partial charge in [-0.2, -0.15) is 0 Å². The number of hydrogen-bond acceptors (Lipinski definition) is 2. The number of unbranched alkanes of at least 4 members (excludes halogenated alkanes) is 5. The van der Waals surface area contributed by atoms with Crippen molar-refractivity contribution in [2.45, 2.75) is 58.0 Å². The summed E-state index contributed by atoms with van der Waals surface area (Å²) in [5.41, 5.74) is 4.83. The van der Waals surface area contributed by atoms with Gasteiger partial charge < -0.3 is 10.8 Å². The lowest BCUT2D eigenvalue weighted by molar-refractivity contribution is -0.112. The molecule has 0 aliphatic rings. The molecule has 1 unspecified atom stereocenters. The van der Waals surface area contributed by atoms with Gasteiger partial charge in [0.2, 0.25) is 0 Å². The highest BCUT2D eigenvalue weighted by Gasteiger charge is 1.98. The summed E-state index contributed by atoms with van der Waals surface area (Å²) in [6.07, 6.45) is 7.00. The van der Waals surface area contributed by atoms with E-state index in [1.165, 1.54) is 25.7 Å². The van der Waals surface area contributed by atoms with Crippen LogP contribution in [0, 0.1) is 11.8 Å². The van der Waals surface area contributed by atoms with E-state index in [0.717, 1.165) is 12.8 Å². The molecular formula is C12H21NO2. The average Bonchev–Trinajstić information content (AvgIpc) is 2.20. The molecule has 0 spiro atoms. The van der Waals surface area contributed by atoms with Gasteiger partial charge in [-0.3, -0.25) is 4.79 Å². The smallest absolute Gasteiger partial charge is 0.293 e. The SMILES string of the molecule is CCCCCCCCC(O)C#CC(N)=O. The van der Waals surface area contributed by atoms with Crippen LogP contribution in [0.15, 0.2) is 0 Å². The van der Waals surface area contributed by atoms with Gasteiger partial charge in [-0.05, 0) is 18.8 Å². The third kappa shape index (κ3) is 10.9. The second-order valence-electron chi connectivity index (χ2n) is 3.71. The van der Waals surface area contributed by atoms with Crippen LogP contribution in [0.25, 0.3) is 0 Å². The van der Waals surface area contributed by atoms with Crippen molar-refractivity contribution in [2.24, 2.45) is 5.73 Å². The molecule has 1 amide bonds. The van der Waals surface area contributed by atoms with Gasteiger partial charge in [0, 0.05) is 0 Å². The predicted molar refractivity (Wildman–Crippen MR) is 61.0 cm³/mol. The highest BCUT2D eigenvalue weighted by atomic mass is 16.3. The third-order valence-corrected chi connectivity index (χ3v) is 2.19. The Labute approximate surface area is 92.0 Å². The molecule has 0 aromatic carbocycles. The molecule has 0 saturated carbocycles. The Bertz CT molecular complexity index is 228. The van der Waals surface area contributed by atoms with Crippen LogP contribution in [0.2, 0.25) is 0 Å². The lowest BCUT2D eigenvalue weighted by Gasteiger charge is -2.02. The fourth-order valence-corrected chi connectivity index (χ4v) is 1.34. The van der Waals surface area contributed by atoms with Crippen LogP contribution in [0.5, 0.6) is 0 Å². The molecule has 0 saturated heterocycles.